The Labute approximate surface area is 173 Å². The van der Waals surface area contributed by atoms with E-state index in [9.17, 15) is 0 Å². The van der Waals surface area contributed by atoms with Gasteiger partial charge in [-0.3, -0.25) is 0 Å². The molecule has 26 heavy (non-hydrogen) atoms. The maximum Gasteiger partial charge on any atom is 0.0784 e. The number of halogens is 1. The molecule has 0 heterocycles. The largest absolute Gasteiger partial charge is 1.00 e. The summed E-state index contributed by atoms with van der Waals surface area (Å²) in [4.78, 5) is 0. The molecule has 1 nitrogen and oxygen atoms in total. The van der Waals surface area contributed by atoms with Gasteiger partial charge in [0.05, 0.1) is 26.7 Å². The number of nitrogens with zero attached hydrogens (tertiary/aromatic N) is 1. The molecule has 0 aromatic heterocycles. The van der Waals surface area contributed by atoms with Crippen molar-refractivity contribution in [3.63, 3.8) is 0 Å². The van der Waals surface area contributed by atoms with Gasteiger partial charge in [0.2, 0.25) is 0 Å². The van der Waals surface area contributed by atoms with Crippen LogP contribution in [0.15, 0.2) is 0 Å². The first-order valence-corrected chi connectivity index (χ1v) is 12.0. The highest BCUT2D eigenvalue weighted by molar-refractivity contribution is 4.50. The molecular weight excluding hydrogens is 338 g/mol. The number of quaternary nitrogens is 1. The van der Waals surface area contributed by atoms with Crippen molar-refractivity contribution in [2.45, 2.75) is 130 Å². The molecule has 0 bridgehead atoms. The Morgan fingerprint density at radius 2 is 0.692 bits per heavy atom. The molecule has 0 aliphatic rings. The molecule has 0 saturated carbocycles. The summed E-state index contributed by atoms with van der Waals surface area (Å²) in [7, 11) is 2.41. The van der Waals surface area contributed by atoms with Gasteiger partial charge in [0.1, 0.15) is 0 Å². The average molecular weight is 390 g/mol. The second-order valence-electron chi connectivity index (χ2n) is 8.63. The third kappa shape index (κ3) is 19.0. The van der Waals surface area contributed by atoms with Crippen LogP contribution in [-0.4, -0.2) is 31.2 Å². The highest BCUT2D eigenvalue weighted by atomic mass is 35.5. The summed E-state index contributed by atoms with van der Waals surface area (Å²) in [5, 5.41) is 0. The number of hydrogen-bond acceptors (Lipinski definition) is 0. The zero-order chi connectivity index (χ0) is 18.6. The summed E-state index contributed by atoms with van der Waals surface area (Å²) in [6.45, 7) is 10.9. The van der Waals surface area contributed by atoms with E-state index in [-0.39, 0.29) is 12.4 Å². The fraction of sp³-hybridized carbons (Fsp3) is 1.00. The van der Waals surface area contributed by atoms with Gasteiger partial charge >= 0.3 is 0 Å². The summed E-state index contributed by atoms with van der Waals surface area (Å²) in [5.41, 5.74) is 0. The van der Waals surface area contributed by atoms with Crippen molar-refractivity contribution >= 4 is 0 Å². The normalized spacial score (nSPS) is 11.5. The van der Waals surface area contributed by atoms with E-state index in [0.717, 1.165) is 0 Å². The molecule has 0 N–H and O–H groups in total. The molecule has 0 fully saturated rings. The van der Waals surface area contributed by atoms with Gasteiger partial charge in [-0.05, 0) is 26.7 Å². The minimum absolute atomic E-state index is 0. The lowest BCUT2D eigenvalue weighted by atomic mass is 10.0. The Kier molecular flexibility index (Phi) is 23.6. The molecule has 0 aromatic carbocycles. The Morgan fingerprint density at radius 1 is 0.423 bits per heavy atom. The van der Waals surface area contributed by atoms with Gasteiger partial charge in [-0.2, -0.15) is 0 Å². The molecule has 0 radical (unpaired) electrons. The van der Waals surface area contributed by atoms with Gasteiger partial charge in [-0.25, -0.2) is 0 Å². The number of unbranched alkanes of at least 4 members (excludes halogenated alkanes) is 16. The third-order valence-electron chi connectivity index (χ3n) is 6.33. The summed E-state index contributed by atoms with van der Waals surface area (Å²) >= 11 is 0. The first-order valence-electron chi connectivity index (χ1n) is 12.0. The van der Waals surface area contributed by atoms with E-state index < -0.39 is 0 Å². The summed E-state index contributed by atoms with van der Waals surface area (Å²) < 4.78 is 1.26. The molecule has 0 rings (SSSR count). The highest BCUT2D eigenvalue weighted by Gasteiger charge is 2.14. The standard InChI is InChI=1S/C24H52N.ClH/c1-5-8-9-10-11-12-13-14-15-16-17-18-19-20-21-22-23-24-25(4,6-2)7-3;/h5-24H2,1-4H3;1H/q+1;/p-1. The molecule has 0 saturated heterocycles. The second kappa shape index (κ2) is 21.5. The lowest BCUT2D eigenvalue weighted by Crippen LogP contribution is -3.00. The molecule has 0 unspecified atom stereocenters. The van der Waals surface area contributed by atoms with Crippen molar-refractivity contribution in [1.29, 1.82) is 0 Å². The fourth-order valence-corrected chi connectivity index (χ4v) is 3.76. The summed E-state index contributed by atoms with van der Waals surface area (Å²) in [6, 6.07) is 0. The van der Waals surface area contributed by atoms with Gasteiger partial charge in [0.15, 0.2) is 0 Å². The van der Waals surface area contributed by atoms with Crippen molar-refractivity contribution in [2.24, 2.45) is 0 Å². The van der Waals surface area contributed by atoms with Crippen LogP contribution >= 0.6 is 0 Å². The topological polar surface area (TPSA) is 0 Å². The molecule has 0 aliphatic carbocycles. The van der Waals surface area contributed by atoms with E-state index in [1.54, 1.807) is 0 Å². The van der Waals surface area contributed by atoms with Crippen LogP contribution in [0.1, 0.15) is 130 Å². The maximum atomic E-state index is 2.41. The minimum atomic E-state index is 0. The van der Waals surface area contributed by atoms with Crippen LogP contribution in [0.25, 0.3) is 0 Å². The lowest BCUT2D eigenvalue weighted by molar-refractivity contribution is -0.906. The zero-order valence-corrected chi connectivity index (χ0v) is 19.7. The van der Waals surface area contributed by atoms with E-state index in [2.05, 4.69) is 27.8 Å². The van der Waals surface area contributed by atoms with Crippen molar-refractivity contribution in [1.82, 2.24) is 0 Å². The van der Waals surface area contributed by atoms with Crippen molar-refractivity contribution in [2.75, 3.05) is 26.7 Å². The van der Waals surface area contributed by atoms with Gasteiger partial charge in [-0.1, -0.05) is 103 Å². The minimum Gasteiger partial charge on any atom is -1.00 e. The first kappa shape index (κ1) is 28.5. The predicted octanol–water partition coefficient (Wildman–Crippen LogP) is 5.13. The predicted molar refractivity (Wildman–Crippen MR) is 116 cm³/mol. The van der Waals surface area contributed by atoms with Gasteiger partial charge < -0.3 is 16.9 Å². The molecular formula is C24H52ClN. The Bertz CT molecular complexity index is 251. The van der Waals surface area contributed by atoms with E-state index in [1.807, 2.05) is 0 Å². The molecule has 2 heteroatoms. The van der Waals surface area contributed by atoms with Gasteiger partial charge in [-0.15, -0.1) is 0 Å². The number of rotatable bonds is 20. The van der Waals surface area contributed by atoms with Crippen LogP contribution in [0.2, 0.25) is 0 Å². The van der Waals surface area contributed by atoms with Crippen LogP contribution in [0.5, 0.6) is 0 Å². The van der Waals surface area contributed by atoms with Crippen molar-refractivity contribution in [3.05, 3.63) is 0 Å². The molecule has 0 atom stereocenters. The molecule has 0 spiro atoms. The quantitative estimate of drug-likeness (QED) is 0.200. The fourth-order valence-electron chi connectivity index (χ4n) is 3.76. The van der Waals surface area contributed by atoms with Gasteiger partial charge in [0, 0.05) is 0 Å². The van der Waals surface area contributed by atoms with Crippen LogP contribution < -0.4 is 12.4 Å². The zero-order valence-electron chi connectivity index (χ0n) is 19.0. The second-order valence-corrected chi connectivity index (χ2v) is 8.63. The number of hydrogen-bond donors (Lipinski definition) is 0. The lowest BCUT2D eigenvalue weighted by Gasteiger charge is -2.32. The first-order chi connectivity index (χ1) is 12.2. The Balaban J connectivity index is 0. The van der Waals surface area contributed by atoms with E-state index in [1.165, 1.54) is 133 Å². The van der Waals surface area contributed by atoms with Crippen LogP contribution in [0, 0.1) is 0 Å². The third-order valence-corrected chi connectivity index (χ3v) is 6.33. The monoisotopic (exact) mass is 389 g/mol. The SMILES string of the molecule is CCCCCCCCCCCCCCCCCCC[N+](C)(CC)CC.[Cl-]. The van der Waals surface area contributed by atoms with E-state index in [4.69, 9.17) is 0 Å². The maximum absolute atomic E-state index is 2.41. The van der Waals surface area contributed by atoms with Crippen LogP contribution in [0.3, 0.4) is 0 Å². The van der Waals surface area contributed by atoms with Crippen molar-refractivity contribution < 1.29 is 16.9 Å². The summed E-state index contributed by atoms with van der Waals surface area (Å²) in [6.07, 6.45) is 24.9. The van der Waals surface area contributed by atoms with Crippen LogP contribution in [-0.2, 0) is 0 Å². The highest BCUT2D eigenvalue weighted by Crippen LogP contribution is 2.14. The average Bonchev–Trinajstić information content (AvgIpc) is 2.64. The Morgan fingerprint density at radius 3 is 0.962 bits per heavy atom. The molecule has 160 valence electrons. The smallest absolute Gasteiger partial charge is 0.0784 e. The Hall–Kier alpha value is 0.250. The summed E-state index contributed by atoms with van der Waals surface area (Å²) in [5.74, 6) is 0. The van der Waals surface area contributed by atoms with E-state index in [0.29, 0.717) is 0 Å². The van der Waals surface area contributed by atoms with Gasteiger partial charge in [0.25, 0.3) is 0 Å². The van der Waals surface area contributed by atoms with Crippen molar-refractivity contribution in [3.8, 4) is 0 Å². The van der Waals surface area contributed by atoms with E-state index >= 15 is 0 Å². The molecule has 0 aromatic rings. The van der Waals surface area contributed by atoms with Crippen LogP contribution in [0.4, 0.5) is 0 Å². The molecule has 0 aliphatic heterocycles. The molecule has 0 amide bonds.